The number of hydrogen-bond acceptors (Lipinski definition) is 3. The largest absolute Gasteiger partial charge is 0.298 e. The lowest BCUT2D eigenvalue weighted by Gasteiger charge is -2.23. The van der Waals surface area contributed by atoms with Gasteiger partial charge in [-0.2, -0.15) is 4.31 Å². The van der Waals surface area contributed by atoms with E-state index < -0.39 is 16.1 Å². The third-order valence-electron chi connectivity index (χ3n) is 3.93. The summed E-state index contributed by atoms with van der Waals surface area (Å²) in [4.78, 5) is 12.5. The zero-order chi connectivity index (χ0) is 17.2. The number of sulfonamides is 1. The van der Waals surface area contributed by atoms with E-state index in [0.29, 0.717) is 29.4 Å². The zero-order valence-electron chi connectivity index (χ0n) is 13.3. The van der Waals surface area contributed by atoms with E-state index in [2.05, 4.69) is 0 Å². The molecule has 1 heterocycles. The molecule has 1 aromatic carbocycles. The number of aryl methyl sites for hydroxylation is 1. The summed E-state index contributed by atoms with van der Waals surface area (Å²) in [6, 6.07) is 4.65. The fourth-order valence-corrected chi connectivity index (χ4v) is 5.18. The highest BCUT2D eigenvalue weighted by Gasteiger charge is 2.40. The molecule has 0 N–H and O–H groups in total. The second-order valence-corrected chi connectivity index (χ2v) is 9.17. The fraction of sp³-hybridized carbons (Fsp3) is 0.562. The summed E-state index contributed by atoms with van der Waals surface area (Å²) in [6.45, 7) is 4.28. The van der Waals surface area contributed by atoms with Crippen LogP contribution in [0.5, 0.6) is 0 Å². The van der Waals surface area contributed by atoms with Crippen LogP contribution in [0.25, 0.3) is 0 Å². The van der Waals surface area contributed by atoms with Crippen LogP contribution in [0.3, 0.4) is 0 Å². The molecule has 128 valence electrons. The van der Waals surface area contributed by atoms with Gasteiger partial charge in [-0.25, -0.2) is 8.42 Å². The second kappa shape index (κ2) is 7.51. The highest BCUT2D eigenvalue weighted by molar-refractivity contribution is 7.89. The molecule has 2 rings (SSSR count). The van der Waals surface area contributed by atoms with Crippen molar-refractivity contribution in [1.82, 2.24) is 4.31 Å². The van der Waals surface area contributed by atoms with E-state index in [9.17, 15) is 13.2 Å². The molecule has 7 heteroatoms. The van der Waals surface area contributed by atoms with E-state index in [1.54, 1.807) is 18.2 Å². The van der Waals surface area contributed by atoms with E-state index >= 15 is 0 Å². The molecule has 0 spiro atoms. The van der Waals surface area contributed by atoms with Crippen LogP contribution in [0.2, 0.25) is 10.0 Å². The third kappa shape index (κ3) is 4.69. The van der Waals surface area contributed by atoms with Gasteiger partial charge >= 0.3 is 0 Å². The summed E-state index contributed by atoms with van der Waals surface area (Å²) in [5, 5.41) is 1.08. The Balaban J connectivity index is 2.05. The van der Waals surface area contributed by atoms with Crippen molar-refractivity contribution < 1.29 is 13.2 Å². The fourth-order valence-electron chi connectivity index (χ4n) is 2.79. The van der Waals surface area contributed by atoms with Crippen molar-refractivity contribution in [1.29, 1.82) is 0 Å². The molecular formula is C16H21Cl2NO3S. The predicted octanol–water partition coefficient (Wildman–Crippen LogP) is 3.56. The molecule has 1 fully saturated rings. The van der Waals surface area contributed by atoms with Crippen LogP contribution in [0.15, 0.2) is 18.2 Å². The SMILES string of the molecule is CC(C)CN1C(C(=O)CCc2ccc(Cl)cc2Cl)CCS1(=O)=O. The van der Waals surface area contributed by atoms with Gasteiger partial charge in [0.1, 0.15) is 0 Å². The molecule has 23 heavy (non-hydrogen) atoms. The lowest BCUT2D eigenvalue weighted by molar-refractivity contribution is -0.122. The smallest absolute Gasteiger partial charge is 0.214 e. The molecule has 1 aliphatic heterocycles. The van der Waals surface area contributed by atoms with Crippen LogP contribution < -0.4 is 0 Å². The topological polar surface area (TPSA) is 54.5 Å². The number of hydrogen-bond donors (Lipinski definition) is 0. The first-order chi connectivity index (χ1) is 10.7. The first-order valence-corrected chi connectivity index (χ1v) is 10.0. The Kier molecular flexibility index (Phi) is 6.11. The van der Waals surface area contributed by atoms with Gasteiger partial charge in [-0.15, -0.1) is 0 Å². The minimum Gasteiger partial charge on any atom is -0.298 e. The van der Waals surface area contributed by atoms with E-state index in [1.165, 1.54) is 4.31 Å². The monoisotopic (exact) mass is 377 g/mol. The average Bonchev–Trinajstić information content (AvgIpc) is 2.73. The van der Waals surface area contributed by atoms with E-state index in [-0.39, 0.29) is 23.9 Å². The van der Waals surface area contributed by atoms with Crippen molar-refractivity contribution in [2.75, 3.05) is 12.3 Å². The Labute approximate surface area is 147 Å². The van der Waals surface area contributed by atoms with Crippen LogP contribution in [-0.2, 0) is 21.2 Å². The van der Waals surface area contributed by atoms with Crippen molar-refractivity contribution >= 4 is 39.0 Å². The first kappa shape index (κ1) is 18.7. The molecule has 1 aliphatic rings. The van der Waals surface area contributed by atoms with Crippen molar-refractivity contribution in [3.63, 3.8) is 0 Å². The van der Waals surface area contributed by atoms with E-state index in [4.69, 9.17) is 23.2 Å². The number of carbonyl (C=O) groups is 1. The molecule has 1 saturated heterocycles. The Morgan fingerprint density at radius 2 is 2.04 bits per heavy atom. The van der Waals surface area contributed by atoms with Gasteiger partial charge in [-0.05, 0) is 36.5 Å². The van der Waals surface area contributed by atoms with Crippen molar-refractivity contribution in [2.45, 2.75) is 39.2 Å². The minimum atomic E-state index is -3.30. The maximum Gasteiger partial charge on any atom is 0.214 e. The normalized spacial score (nSPS) is 21.0. The Hall–Kier alpha value is -0.620. The van der Waals surface area contributed by atoms with Gasteiger partial charge in [0.15, 0.2) is 5.78 Å². The molecule has 4 nitrogen and oxygen atoms in total. The molecule has 0 aliphatic carbocycles. The number of benzene rings is 1. The van der Waals surface area contributed by atoms with Gasteiger partial charge in [-0.1, -0.05) is 43.1 Å². The van der Waals surface area contributed by atoms with Gasteiger partial charge < -0.3 is 0 Å². The molecule has 1 unspecified atom stereocenters. The average molecular weight is 378 g/mol. The van der Waals surface area contributed by atoms with Crippen LogP contribution in [0.4, 0.5) is 0 Å². The number of nitrogens with zero attached hydrogens (tertiary/aromatic N) is 1. The van der Waals surface area contributed by atoms with Gasteiger partial charge in [0.05, 0.1) is 11.8 Å². The maximum atomic E-state index is 12.5. The predicted molar refractivity (Wildman–Crippen MR) is 93.5 cm³/mol. The molecule has 0 aromatic heterocycles. The quantitative estimate of drug-likeness (QED) is 0.761. The summed E-state index contributed by atoms with van der Waals surface area (Å²) in [6.07, 6.45) is 1.14. The zero-order valence-corrected chi connectivity index (χ0v) is 15.6. The standard InChI is InChI=1S/C16H21Cl2NO3S/c1-11(2)10-19-15(7-8-23(19,21)22)16(20)6-4-12-3-5-13(17)9-14(12)18/h3,5,9,11,15H,4,6-8,10H2,1-2H3. The lowest BCUT2D eigenvalue weighted by Crippen LogP contribution is -2.40. The van der Waals surface area contributed by atoms with Crippen LogP contribution in [0, 0.1) is 5.92 Å². The number of rotatable bonds is 6. The van der Waals surface area contributed by atoms with Crippen molar-refractivity contribution in [3.05, 3.63) is 33.8 Å². The number of halogens is 2. The highest BCUT2D eigenvalue weighted by atomic mass is 35.5. The van der Waals surface area contributed by atoms with Crippen molar-refractivity contribution in [3.8, 4) is 0 Å². The highest BCUT2D eigenvalue weighted by Crippen LogP contribution is 2.26. The summed E-state index contributed by atoms with van der Waals surface area (Å²) in [5.41, 5.74) is 0.848. The molecule has 0 radical (unpaired) electrons. The summed E-state index contributed by atoms with van der Waals surface area (Å²) in [7, 11) is -3.30. The van der Waals surface area contributed by atoms with Crippen LogP contribution in [0.1, 0.15) is 32.3 Å². The molecule has 0 bridgehead atoms. The Morgan fingerprint density at radius 3 is 2.65 bits per heavy atom. The lowest BCUT2D eigenvalue weighted by atomic mass is 10.0. The molecule has 0 amide bonds. The number of ketones is 1. The van der Waals surface area contributed by atoms with Crippen LogP contribution in [-0.4, -0.2) is 36.8 Å². The Bertz CT molecular complexity index is 689. The van der Waals surface area contributed by atoms with Gasteiger partial charge in [0, 0.05) is 23.0 Å². The Morgan fingerprint density at radius 1 is 1.35 bits per heavy atom. The summed E-state index contributed by atoms with van der Waals surface area (Å²) < 4.78 is 25.6. The summed E-state index contributed by atoms with van der Waals surface area (Å²) in [5.74, 6) is 0.194. The van der Waals surface area contributed by atoms with Crippen LogP contribution >= 0.6 is 23.2 Å². The second-order valence-electron chi connectivity index (χ2n) is 6.29. The van der Waals surface area contributed by atoms with Gasteiger partial charge in [-0.3, -0.25) is 4.79 Å². The van der Waals surface area contributed by atoms with Gasteiger partial charge in [0.25, 0.3) is 0 Å². The molecule has 0 saturated carbocycles. The van der Waals surface area contributed by atoms with Gasteiger partial charge in [0.2, 0.25) is 10.0 Å². The number of carbonyl (C=O) groups excluding carboxylic acids is 1. The molecular weight excluding hydrogens is 357 g/mol. The van der Waals surface area contributed by atoms with Crippen molar-refractivity contribution in [2.24, 2.45) is 5.92 Å². The number of Topliss-reactive ketones (excluding diaryl/α,β-unsaturated/α-hetero) is 1. The maximum absolute atomic E-state index is 12.5. The molecule has 1 atom stereocenters. The van der Waals surface area contributed by atoms with E-state index in [1.807, 2.05) is 13.8 Å². The van der Waals surface area contributed by atoms with E-state index in [0.717, 1.165) is 5.56 Å². The first-order valence-electron chi connectivity index (χ1n) is 7.67. The molecule has 1 aromatic rings. The third-order valence-corrected chi connectivity index (χ3v) is 6.38. The summed E-state index contributed by atoms with van der Waals surface area (Å²) >= 11 is 12.0. The minimum absolute atomic E-state index is 0.0438.